The Kier molecular flexibility index (Phi) is 3.48. The van der Waals surface area contributed by atoms with Gasteiger partial charge in [-0.15, -0.1) is 0 Å². The van der Waals surface area contributed by atoms with Crippen molar-refractivity contribution in [1.82, 2.24) is 4.98 Å². The monoisotopic (exact) mass is 279 g/mol. The fourth-order valence-electron chi connectivity index (χ4n) is 2.46. The molecule has 1 aromatic heterocycles. The highest BCUT2D eigenvalue weighted by atomic mass is 16.5. The van der Waals surface area contributed by atoms with E-state index in [2.05, 4.69) is 19.1 Å². The van der Waals surface area contributed by atoms with Gasteiger partial charge in [-0.05, 0) is 36.8 Å². The molecule has 2 aromatic carbocycles. The van der Waals surface area contributed by atoms with Crippen LogP contribution in [0.1, 0.15) is 5.56 Å². The van der Waals surface area contributed by atoms with Crippen molar-refractivity contribution in [3.05, 3.63) is 54.1 Å². The van der Waals surface area contributed by atoms with E-state index >= 15 is 0 Å². The minimum atomic E-state index is 0.763. The number of rotatable bonds is 3. The van der Waals surface area contributed by atoms with Crippen molar-refractivity contribution >= 4 is 10.9 Å². The fraction of sp³-hybridized carbons (Fsp3) is 0.167. The molecular formula is C18H17NO2. The normalized spacial score (nSPS) is 10.6. The molecule has 1 heterocycles. The number of para-hydroxylation sites is 1. The van der Waals surface area contributed by atoms with Crippen LogP contribution in [-0.2, 0) is 0 Å². The summed E-state index contributed by atoms with van der Waals surface area (Å²) in [5, 5.41) is 1.15. The summed E-state index contributed by atoms with van der Waals surface area (Å²) >= 11 is 0. The zero-order valence-corrected chi connectivity index (χ0v) is 12.4. The topological polar surface area (TPSA) is 31.4 Å². The van der Waals surface area contributed by atoms with E-state index in [9.17, 15) is 0 Å². The lowest BCUT2D eigenvalue weighted by Gasteiger charge is -2.11. The van der Waals surface area contributed by atoms with E-state index in [1.54, 1.807) is 14.2 Å². The Morgan fingerprint density at radius 1 is 0.857 bits per heavy atom. The number of hydrogen-bond donors (Lipinski definition) is 0. The summed E-state index contributed by atoms with van der Waals surface area (Å²) in [6.45, 7) is 2.07. The smallest absolute Gasteiger partial charge is 0.123 e. The highest BCUT2D eigenvalue weighted by Crippen LogP contribution is 2.31. The highest BCUT2D eigenvalue weighted by Gasteiger charge is 2.09. The van der Waals surface area contributed by atoms with E-state index in [0.29, 0.717) is 0 Å². The quantitative estimate of drug-likeness (QED) is 0.719. The van der Waals surface area contributed by atoms with Gasteiger partial charge in [-0.3, -0.25) is 0 Å². The van der Waals surface area contributed by atoms with E-state index in [0.717, 1.165) is 39.2 Å². The Labute approximate surface area is 124 Å². The van der Waals surface area contributed by atoms with E-state index in [1.807, 2.05) is 36.4 Å². The molecule has 3 nitrogen and oxygen atoms in total. The summed E-state index contributed by atoms with van der Waals surface area (Å²) in [5.41, 5.74) is 4.06. The summed E-state index contributed by atoms with van der Waals surface area (Å²) in [6.07, 6.45) is 0. The Balaban J connectivity index is 2.21. The van der Waals surface area contributed by atoms with Gasteiger partial charge < -0.3 is 9.47 Å². The van der Waals surface area contributed by atoms with Gasteiger partial charge in [-0.1, -0.05) is 18.2 Å². The number of aromatic nitrogens is 1. The van der Waals surface area contributed by atoms with Gasteiger partial charge in [-0.2, -0.15) is 0 Å². The number of fused-ring (bicyclic) bond motifs is 1. The fourth-order valence-corrected chi connectivity index (χ4v) is 2.46. The Bertz CT molecular complexity index is 774. The summed E-state index contributed by atoms with van der Waals surface area (Å²) in [5.74, 6) is 1.53. The number of aryl methyl sites for hydroxylation is 1. The number of pyridine rings is 1. The summed E-state index contributed by atoms with van der Waals surface area (Å²) < 4.78 is 10.7. The molecule has 0 unspecified atom stereocenters. The van der Waals surface area contributed by atoms with Crippen molar-refractivity contribution < 1.29 is 9.47 Å². The van der Waals surface area contributed by atoms with Crippen molar-refractivity contribution in [2.24, 2.45) is 0 Å². The molecule has 0 N–H and O–H groups in total. The Morgan fingerprint density at radius 2 is 1.52 bits per heavy atom. The Hall–Kier alpha value is -2.55. The molecule has 106 valence electrons. The highest BCUT2D eigenvalue weighted by molar-refractivity contribution is 5.83. The summed E-state index contributed by atoms with van der Waals surface area (Å²) in [6, 6.07) is 16.1. The molecule has 0 bridgehead atoms. The lowest BCUT2D eigenvalue weighted by Crippen LogP contribution is -1.93. The van der Waals surface area contributed by atoms with E-state index in [4.69, 9.17) is 14.5 Å². The maximum absolute atomic E-state index is 5.34. The van der Waals surface area contributed by atoms with Crippen LogP contribution in [0.25, 0.3) is 22.2 Å². The van der Waals surface area contributed by atoms with Gasteiger partial charge in [0.15, 0.2) is 0 Å². The molecule has 0 amide bonds. The van der Waals surface area contributed by atoms with Crippen LogP contribution in [0.4, 0.5) is 0 Å². The third kappa shape index (κ3) is 2.55. The minimum absolute atomic E-state index is 0.763. The summed E-state index contributed by atoms with van der Waals surface area (Å²) in [7, 11) is 3.30. The van der Waals surface area contributed by atoms with Gasteiger partial charge in [0.05, 0.1) is 25.4 Å². The van der Waals surface area contributed by atoms with Crippen LogP contribution in [0.3, 0.4) is 0 Å². The third-order valence-electron chi connectivity index (χ3n) is 3.54. The molecule has 3 heteroatoms. The molecule has 0 fully saturated rings. The first-order chi connectivity index (χ1) is 10.2. The van der Waals surface area contributed by atoms with Gasteiger partial charge in [0.25, 0.3) is 0 Å². The van der Waals surface area contributed by atoms with E-state index < -0.39 is 0 Å². The lowest BCUT2D eigenvalue weighted by atomic mass is 10.0. The standard InChI is InChI=1S/C18H17NO2/c1-12-8-13-6-4-5-7-17(13)19-18(12)14-9-15(20-2)11-16(10-14)21-3/h4-11H,1-3H3. The number of benzene rings is 2. The second-order valence-electron chi connectivity index (χ2n) is 4.95. The number of methoxy groups -OCH3 is 2. The van der Waals surface area contributed by atoms with Crippen molar-refractivity contribution in [1.29, 1.82) is 0 Å². The Morgan fingerprint density at radius 3 is 2.19 bits per heavy atom. The van der Waals surface area contributed by atoms with Crippen LogP contribution in [0.2, 0.25) is 0 Å². The molecule has 0 aliphatic heterocycles. The van der Waals surface area contributed by atoms with E-state index in [1.165, 1.54) is 0 Å². The van der Waals surface area contributed by atoms with Crippen LogP contribution in [0, 0.1) is 6.92 Å². The zero-order valence-electron chi connectivity index (χ0n) is 12.4. The molecule has 0 saturated carbocycles. The predicted octanol–water partition coefficient (Wildman–Crippen LogP) is 4.23. The SMILES string of the molecule is COc1cc(OC)cc(-c2nc3ccccc3cc2C)c1. The van der Waals surface area contributed by atoms with Crippen LogP contribution >= 0.6 is 0 Å². The maximum Gasteiger partial charge on any atom is 0.123 e. The first-order valence-electron chi connectivity index (χ1n) is 6.81. The van der Waals surface area contributed by atoms with Gasteiger partial charge in [0, 0.05) is 17.0 Å². The first kappa shape index (κ1) is 13.4. The van der Waals surface area contributed by atoms with Gasteiger partial charge in [0.1, 0.15) is 11.5 Å². The van der Waals surface area contributed by atoms with Gasteiger partial charge in [-0.25, -0.2) is 4.98 Å². The molecule has 21 heavy (non-hydrogen) atoms. The average molecular weight is 279 g/mol. The van der Waals surface area contributed by atoms with Crippen LogP contribution in [-0.4, -0.2) is 19.2 Å². The minimum Gasteiger partial charge on any atom is -0.497 e. The van der Waals surface area contributed by atoms with Crippen molar-refractivity contribution in [2.45, 2.75) is 6.92 Å². The molecule has 0 aliphatic carbocycles. The van der Waals surface area contributed by atoms with Gasteiger partial charge in [0.2, 0.25) is 0 Å². The van der Waals surface area contributed by atoms with Crippen molar-refractivity contribution in [2.75, 3.05) is 14.2 Å². The van der Waals surface area contributed by atoms with Crippen LogP contribution in [0.15, 0.2) is 48.5 Å². The molecule has 0 aliphatic rings. The van der Waals surface area contributed by atoms with Crippen molar-refractivity contribution in [3.8, 4) is 22.8 Å². The lowest BCUT2D eigenvalue weighted by molar-refractivity contribution is 0.394. The summed E-state index contributed by atoms with van der Waals surface area (Å²) in [4.78, 5) is 4.78. The van der Waals surface area contributed by atoms with Crippen molar-refractivity contribution in [3.63, 3.8) is 0 Å². The van der Waals surface area contributed by atoms with E-state index in [-0.39, 0.29) is 0 Å². The molecule has 0 radical (unpaired) electrons. The average Bonchev–Trinajstić information content (AvgIpc) is 2.53. The first-order valence-corrected chi connectivity index (χ1v) is 6.81. The molecule has 0 saturated heterocycles. The third-order valence-corrected chi connectivity index (χ3v) is 3.54. The number of ether oxygens (including phenoxy) is 2. The number of hydrogen-bond acceptors (Lipinski definition) is 3. The molecular weight excluding hydrogens is 262 g/mol. The zero-order chi connectivity index (χ0) is 14.8. The second-order valence-corrected chi connectivity index (χ2v) is 4.95. The maximum atomic E-state index is 5.34. The second kappa shape index (κ2) is 5.44. The number of nitrogens with zero attached hydrogens (tertiary/aromatic N) is 1. The van der Waals surface area contributed by atoms with Crippen LogP contribution < -0.4 is 9.47 Å². The largest absolute Gasteiger partial charge is 0.497 e. The molecule has 0 atom stereocenters. The van der Waals surface area contributed by atoms with Gasteiger partial charge >= 0.3 is 0 Å². The van der Waals surface area contributed by atoms with Crippen LogP contribution in [0.5, 0.6) is 11.5 Å². The predicted molar refractivity (Wildman–Crippen MR) is 85.0 cm³/mol. The molecule has 0 spiro atoms. The molecule has 3 rings (SSSR count). The molecule has 3 aromatic rings.